The summed E-state index contributed by atoms with van der Waals surface area (Å²) in [5, 5.41) is 2.49. The maximum Gasteiger partial charge on any atom is 0.0246 e. The molecule has 1 aliphatic carbocycles. The number of hydrazine groups is 1. The van der Waals surface area contributed by atoms with E-state index in [2.05, 4.69) is 31.2 Å². The molecule has 0 aromatic rings. The van der Waals surface area contributed by atoms with Gasteiger partial charge in [0.15, 0.2) is 0 Å². The molecule has 1 N–H and O–H groups in total. The Hall–Kier alpha value is -0.0800. The molecule has 0 spiro atoms. The van der Waals surface area contributed by atoms with Gasteiger partial charge in [-0.05, 0) is 33.1 Å². The van der Waals surface area contributed by atoms with E-state index in [1.54, 1.807) is 0 Å². The summed E-state index contributed by atoms with van der Waals surface area (Å²) in [5.41, 5.74) is 3.60. The third-order valence-corrected chi connectivity index (χ3v) is 3.10. The van der Waals surface area contributed by atoms with Crippen LogP contribution in [0, 0.1) is 0 Å². The Labute approximate surface area is 89.0 Å². The standard InChI is InChI=1S/C12H26N2/c1-4-5-10-13-14(11(2)3)12-8-6-7-9-12/h11-13H,4-10H2,1-3H3. The summed E-state index contributed by atoms with van der Waals surface area (Å²) in [6.45, 7) is 7.97. The molecule has 1 fully saturated rings. The molecule has 0 bridgehead atoms. The van der Waals surface area contributed by atoms with Crippen molar-refractivity contribution < 1.29 is 0 Å². The Morgan fingerprint density at radius 2 is 1.93 bits per heavy atom. The maximum atomic E-state index is 3.60. The molecule has 1 saturated carbocycles. The number of hydrogen-bond donors (Lipinski definition) is 1. The molecule has 0 heterocycles. The van der Waals surface area contributed by atoms with Gasteiger partial charge in [-0.3, -0.25) is 5.43 Å². The largest absolute Gasteiger partial charge is 0.255 e. The first kappa shape index (κ1) is 12.0. The zero-order valence-corrected chi connectivity index (χ0v) is 10.1. The molecule has 0 aromatic heterocycles. The predicted molar refractivity (Wildman–Crippen MR) is 62.1 cm³/mol. The van der Waals surface area contributed by atoms with Crippen LogP contribution in [0.25, 0.3) is 0 Å². The first-order valence-corrected chi connectivity index (χ1v) is 6.27. The summed E-state index contributed by atoms with van der Waals surface area (Å²) in [5.74, 6) is 0. The molecule has 1 rings (SSSR count). The predicted octanol–water partition coefficient (Wildman–Crippen LogP) is 2.94. The highest BCUT2D eigenvalue weighted by atomic mass is 15.5. The van der Waals surface area contributed by atoms with Crippen LogP contribution >= 0.6 is 0 Å². The van der Waals surface area contributed by atoms with Crippen LogP contribution in [0.5, 0.6) is 0 Å². The van der Waals surface area contributed by atoms with Gasteiger partial charge in [-0.15, -0.1) is 0 Å². The minimum Gasteiger partial charge on any atom is -0.255 e. The number of rotatable bonds is 6. The van der Waals surface area contributed by atoms with E-state index in [1.807, 2.05) is 0 Å². The van der Waals surface area contributed by atoms with Crippen LogP contribution in [0.1, 0.15) is 59.3 Å². The number of hydrogen-bond acceptors (Lipinski definition) is 2. The zero-order chi connectivity index (χ0) is 10.4. The van der Waals surface area contributed by atoms with E-state index in [0.717, 1.165) is 12.6 Å². The molecular formula is C12H26N2. The van der Waals surface area contributed by atoms with Gasteiger partial charge in [0.25, 0.3) is 0 Å². The molecule has 1 aliphatic rings. The normalized spacial score (nSPS) is 18.6. The Morgan fingerprint density at radius 3 is 2.43 bits per heavy atom. The van der Waals surface area contributed by atoms with Crippen LogP contribution in [0.15, 0.2) is 0 Å². The summed E-state index contributed by atoms with van der Waals surface area (Å²) >= 11 is 0. The van der Waals surface area contributed by atoms with Gasteiger partial charge in [-0.1, -0.05) is 26.2 Å². The fourth-order valence-electron chi connectivity index (χ4n) is 2.30. The molecule has 0 radical (unpaired) electrons. The number of nitrogens with one attached hydrogen (secondary N) is 1. The van der Waals surface area contributed by atoms with E-state index in [-0.39, 0.29) is 0 Å². The summed E-state index contributed by atoms with van der Waals surface area (Å²) in [6, 6.07) is 1.43. The van der Waals surface area contributed by atoms with E-state index < -0.39 is 0 Å². The second-order valence-electron chi connectivity index (χ2n) is 4.70. The van der Waals surface area contributed by atoms with Crippen molar-refractivity contribution in [1.82, 2.24) is 10.4 Å². The van der Waals surface area contributed by atoms with Crippen LogP contribution in [0.2, 0.25) is 0 Å². The average molecular weight is 198 g/mol. The molecule has 0 unspecified atom stereocenters. The highest BCUT2D eigenvalue weighted by Gasteiger charge is 2.23. The highest BCUT2D eigenvalue weighted by Crippen LogP contribution is 2.23. The highest BCUT2D eigenvalue weighted by molar-refractivity contribution is 4.77. The lowest BCUT2D eigenvalue weighted by atomic mass is 10.2. The molecule has 0 amide bonds. The van der Waals surface area contributed by atoms with Crippen LogP contribution < -0.4 is 5.43 Å². The summed E-state index contributed by atoms with van der Waals surface area (Å²) < 4.78 is 0. The van der Waals surface area contributed by atoms with Gasteiger partial charge in [0, 0.05) is 18.6 Å². The summed E-state index contributed by atoms with van der Waals surface area (Å²) in [4.78, 5) is 0. The first-order chi connectivity index (χ1) is 6.75. The SMILES string of the molecule is CCCCNN(C(C)C)C1CCCC1. The number of unbranched alkanes of at least 4 members (excludes halogenated alkanes) is 1. The molecular weight excluding hydrogens is 172 g/mol. The van der Waals surface area contributed by atoms with Crippen LogP contribution in [-0.2, 0) is 0 Å². The smallest absolute Gasteiger partial charge is 0.0246 e. The molecule has 2 nitrogen and oxygen atoms in total. The Kier molecular flexibility index (Phi) is 5.49. The van der Waals surface area contributed by atoms with E-state index in [1.165, 1.54) is 38.5 Å². The Bertz CT molecular complexity index is 139. The monoisotopic (exact) mass is 198 g/mol. The van der Waals surface area contributed by atoms with Crippen molar-refractivity contribution in [2.24, 2.45) is 0 Å². The van der Waals surface area contributed by atoms with E-state index in [4.69, 9.17) is 0 Å². The second kappa shape index (κ2) is 6.41. The van der Waals surface area contributed by atoms with Gasteiger partial charge in [0.1, 0.15) is 0 Å². The minimum atomic E-state index is 0.634. The van der Waals surface area contributed by atoms with E-state index >= 15 is 0 Å². The third kappa shape index (κ3) is 3.58. The van der Waals surface area contributed by atoms with Gasteiger partial charge in [-0.2, -0.15) is 0 Å². The average Bonchev–Trinajstić information content (AvgIpc) is 2.64. The zero-order valence-electron chi connectivity index (χ0n) is 10.1. The Morgan fingerprint density at radius 1 is 1.29 bits per heavy atom. The molecule has 0 atom stereocenters. The van der Waals surface area contributed by atoms with Crippen LogP contribution in [-0.4, -0.2) is 23.6 Å². The number of nitrogens with zero attached hydrogens (tertiary/aromatic N) is 1. The molecule has 0 aliphatic heterocycles. The third-order valence-electron chi connectivity index (χ3n) is 3.10. The van der Waals surface area contributed by atoms with Crippen molar-refractivity contribution in [3.63, 3.8) is 0 Å². The van der Waals surface area contributed by atoms with Gasteiger partial charge < -0.3 is 0 Å². The maximum absolute atomic E-state index is 3.60. The summed E-state index contributed by atoms with van der Waals surface area (Å²) in [7, 11) is 0. The van der Waals surface area contributed by atoms with E-state index in [9.17, 15) is 0 Å². The van der Waals surface area contributed by atoms with Gasteiger partial charge in [-0.25, -0.2) is 5.01 Å². The quantitative estimate of drug-likeness (QED) is 0.521. The second-order valence-corrected chi connectivity index (χ2v) is 4.70. The van der Waals surface area contributed by atoms with Crippen molar-refractivity contribution in [3.05, 3.63) is 0 Å². The molecule has 84 valence electrons. The van der Waals surface area contributed by atoms with E-state index in [0.29, 0.717) is 6.04 Å². The van der Waals surface area contributed by atoms with Crippen LogP contribution in [0.4, 0.5) is 0 Å². The summed E-state index contributed by atoms with van der Waals surface area (Å²) in [6.07, 6.45) is 8.18. The van der Waals surface area contributed by atoms with Crippen molar-refractivity contribution in [2.45, 2.75) is 71.4 Å². The first-order valence-electron chi connectivity index (χ1n) is 6.27. The lowest BCUT2D eigenvalue weighted by Crippen LogP contribution is -2.49. The van der Waals surface area contributed by atoms with Gasteiger partial charge >= 0.3 is 0 Å². The Balaban J connectivity index is 2.30. The van der Waals surface area contributed by atoms with Crippen molar-refractivity contribution in [2.75, 3.05) is 6.54 Å². The fourth-order valence-corrected chi connectivity index (χ4v) is 2.30. The topological polar surface area (TPSA) is 15.3 Å². The lowest BCUT2D eigenvalue weighted by molar-refractivity contribution is 0.0867. The minimum absolute atomic E-state index is 0.634. The molecule has 0 aromatic carbocycles. The molecule has 14 heavy (non-hydrogen) atoms. The van der Waals surface area contributed by atoms with Gasteiger partial charge in [0.2, 0.25) is 0 Å². The molecule has 0 saturated heterocycles. The van der Waals surface area contributed by atoms with Gasteiger partial charge in [0.05, 0.1) is 0 Å². The lowest BCUT2D eigenvalue weighted by Gasteiger charge is -2.33. The van der Waals surface area contributed by atoms with Crippen molar-refractivity contribution in [3.8, 4) is 0 Å². The van der Waals surface area contributed by atoms with Crippen molar-refractivity contribution >= 4 is 0 Å². The fraction of sp³-hybridized carbons (Fsp3) is 1.00. The van der Waals surface area contributed by atoms with Crippen molar-refractivity contribution in [1.29, 1.82) is 0 Å². The van der Waals surface area contributed by atoms with Crippen LogP contribution in [0.3, 0.4) is 0 Å². The molecule has 2 heteroatoms.